The minimum absolute atomic E-state index is 0.162. The fraction of sp³-hybridized carbons (Fsp3) is 0.333. The highest BCUT2D eigenvalue weighted by atomic mass is 32.1. The Morgan fingerprint density at radius 1 is 1.53 bits per heavy atom. The standard InChI is InChI=1S/C12H12O5S2/c1-14-11(13)7-2-3-9-10(4-7)15-5-8(17-9)6-16-12(18)19/h2-4,8H,5-6H2,1H3,(H,18,19). The monoisotopic (exact) mass is 300 g/mol. The molecule has 1 aromatic carbocycles. The lowest BCUT2D eigenvalue weighted by Gasteiger charge is -2.26. The molecule has 102 valence electrons. The molecule has 0 fully saturated rings. The lowest BCUT2D eigenvalue weighted by molar-refractivity contribution is 0.0514. The summed E-state index contributed by atoms with van der Waals surface area (Å²) in [6.07, 6.45) is -0.262. The van der Waals surface area contributed by atoms with Crippen LogP contribution in [0.15, 0.2) is 18.2 Å². The fourth-order valence-electron chi connectivity index (χ4n) is 1.61. The third kappa shape index (κ3) is 3.51. The Balaban J connectivity index is 2.06. The summed E-state index contributed by atoms with van der Waals surface area (Å²) in [5.74, 6) is 0.641. The smallest absolute Gasteiger partial charge is 0.337 e. The second-order valence-corrected chi connectivity index (χ2v) is 4.86. The van der Waals surface area contributed by atoms with Gasteiger partial charge in [-0.05, 0) is 30.4 Å². The first kappa shape index (κ1) is 14.0. The van der Waals surface area contributed by atoms with Gasteiger partial charge in [-0.15, -0.1) is 0 Å². The van der Waals surface area contributed by atoms with Crippen molar-refractivity contribution in [2.24, 2.45) is 0 Å². The number of thiocarbonyl (C=S) groups is 1. The van der Waals surface area contributed by atoms with E-state index in [0.29, 0.717) is 23.7 Å². The number of carbonyl (C=O) groups is 1. The number of fused-ring (bicyclic) bond motifs is 1. The van der Waals surface area contributed by atoms with Crippen LogP contribution < -0.4 is 9.47 Å². The summed E-state index contributed by atoms with van der Waals surface area (Å²) in [6, 6.07) is 4.86. The zero-order chi connectivity index (χ0) is 13.8. The Morgan fingerprint density at radius 3 is 3.00 bits per heavy atom. The van der Waals surface area contributed by atoms with Crippen molar-refractivity contribution >= 4 is 35.2 Å². The molecular formula is C12H12O5S2. The summed E-state index contributed by atoms with van der Waals surface area (Å²) in [5.41, 5.74) is 0.413. The second-order valence-electron chi connectivity index (χ2n) is 3.78. The van der Waals surface area contributed by atoms with E-state index in [1.54, 1.807) is 18.2 Å². The molecule has 19 heavy (non-hydrogen) atoms. The van der Waals surface area contributed by atoms with E-state index in [-0.39, 0.29) is 17.1 Å². The average Bonchev–Trinajstić information content (AvgIpc) is 2.43. The van der Waals surface area contributed by atoms with Crippen LogP contribution >= 0.6 is 24.8 Å². The molecule has 0 radical (unpaired) electrons. The van der Waals surface area contributed by atoms with E-state index in [1.807, 2.05) is 0 Å². The van der Waals surface area contributed by atoms with Gasteiger partial charge in [0.05, 0.1) is 12.7 Å². The molecule has 1 aliphatic heterocycles. The molecule has 1 heterocycles. The molecule has 1 atom stereocenters. The van der Waals surface area contributed by atoms with E-state index in [9.17, 15) is 4.79 Å². The van der Waals surface area contributed by atoms with Gasteiger partial charge < -0.3 is 18.9 Å². The van der Waals surface area contributed by atoms with Gasteiger partial charge >= 0.3 is 5.97 Å². The summed E-state index contributed by atoms with van der Waals surface area (Å²) in [6.45, 7) is 0.578. The highest BCUT2D eigenvalue weighted by molar-refractivity contribution is 8.10. The molecule has 2 rings (SSSR count). The van der Waals surface area contributed by atoms with Crippen molar-refractivity contribution in [3.8, 4) is 11.5 Å². The lowest BCUT2D eigenvalue weighted by atomic mass is 10.2. The van der Waals surface area contributed by atoms with Gasteiger partial charge in [0.1, 0.15) is 13.2 Å². The molecule has 1 aliphatic rings. The number of thiol groups is 1. The quantitative estimate of drug-likeness (QED) is 0.522. The van der Waals surface area contributed by atoms with E-state index in [2.05, 4.69) is 17.4 Å². The third-order valence-corrected chi connectivity index (χ3v) is 2.72. The van der Waals surface area contributed by atoms with Gasteiger partial charge in [-0.1, -0.05) is 12.6 Å². The Morgan fingerprint density at radius 2 is 2.32 bits per heavy atom. The molecule has 1 aromatic rings. The lowest BCUT2D eigenvalue weighted by Crippen LogP contribution is -2.33. The van der Waals surface area contributed by atoms with Crippen LogP contribution in [0.25, 0.3) is 0 Å². The van der Waals surface area contributed by atoms with Crippen LogP contribution in [0.5, 0.6) is 11.5 Å². The third-order valence-electron chi connectivity index (χ3n) is 2.48. The van der Waals surface area contributed by atoms with Crippen molar-refractivity contribution in [1.29, 1.82) is 0 Å². The van der Waals surface area contributed by atoms with Crippen LogP contribution in [0, 0.1) is 0 Å². The van der Waals surface area contributed by atoms with Crippen molar-refractivity contribution in [3.63, 3.8) is 0 Å². The molecule has 5 nitrogen and oxygen atoms in total. The molecule has 0 N–H and O–H groups in total. The van der Waals surface area contributed by atoms with E-state index < -0.39 is 5.97 Å². The number of ether oxygens (including phenoxy) is 4. The number of methoxy groups -OCH3 is 1. The normalized spacial score (nSPS) is 16.6. The van der Waals surface area contributed by atoms with Crippen LogP contribution in [0.3, 0.4) is 0 Å². The Kier molecular flexibility index (Phi) is 4.49. The largest absolute Gasteiger partial charge is 0.486 e. The first-order valence-corrected chi connectivity index (χ1v) is 6.33. The van der Waals surface area contributed by atoms with Crippen LogP contribution in [-0.4, -0.2) is 36.8 Å². The summed E-state index contributed by atoms with van der Waals surface area (Å²) >= 11 is 8.56. The van der Waals surface area contributed by atoms with Gasteiger partial charge in [0.2, 0.25) is 4.38 Å². The van der Waals surface area contributed by atoms with Crippen molar-refractivity contribution in [1.82, 2.24) is 0 Å². The van der Waals surface area contributed by atoms with Crippen LogP contribution in [0.1, 0.15) is 10.4 Å². The van der Waals surface area contributed by atoms with Crippen LogP contribution in [-0.2, 0) is 9.47 Å². The summed E-state index contributed by atoms with van der Waals surface area (Å²) < 4.78 is 21.1. The topological polar surface area (TPSA) is 54.0 Å². The molecule has 0 spiro atoms. The Labute approximate surface area is 121 Å². The van der Waals surface area contributed by atoms with E-state index >= 15 is 0 Å². The number of rotatable bonds is 3. The van der Waals surface area contributed by atoms with Crippen molar-refractivity contribution in [2.45, 2.75) is 6.10 Å². The molecule has 0 saturated carbocycles. The predicted molar refractivity (Wildman–Crippen MR) is 75.2 cm³/mol. The van der Waals surface area contributed by atoms with Gasteiger partial charge in [-0.25, -0.2) is 4.79 Å². The number of carbonyl (C=O) groups excluding carboxylic acids is 1. The summed E-state index contributed by atoms with van der Waals surface area (Å²) in [4.78, 5) is 11.4. The van der Waals surface area contributed by atoms with E-state index in [1.165, 1.54) is 7.11 Å². The number of hydrogen-bond donors (Lipinski definition) is 1. The number of benzene rings is 1. The Bertz CT molecular complexity index is 503. The van der Waals surface area contributed by atoms with Gasteiger partial charge in [0.15, 0.2) is 17.6 Å². The van der Waals surface area contributed by atoms with Gasteiger partial charge in [0, 0.05) is 0 Å². The van der Waals surface area contributed by atoms with E-state index in [4.69, 9.17) is 26.4 Å². The molecule has 0 saturated heterocycles. The van der Waals surface area contributed by atoms with E-state index in [0.717, 1.165) is 0 Å². The minimum atomic E-state index is -0.419. The fourth-order valence-corrected chi connectivity index (χ4v) is 1.75. The maximum atomic E-state index is 11.4. The zero-order valence-electron chi connectivity index (χ0n) is 10.1. The van der Waals surface area contributed by atoms with Crippen LogP contribution in [0.2, 0.25) is 0 Å². The molecule has 0 aliphatic carbocycles. The zero-order valence-corrected chi connectivity index (χ0v) is 11.8. The molecule has 1 unspecified atom stereocenters. The number of hydrogen-bond acceptors (Lipinski definition) is 6. The van der Waals surface area contributed by atoms with Gasteiger partial charge in [-0.3, -0.25) is 0 Å². The highest BCUT2D eigenvalue weighted by Crippen LogP contribution is 2.32. The maximum absolute atomic E-state index is 11.4. The molecule has 0 aromatic heterocycles. The van der Waals surface area contributed by atoms with Crippen LogP contribution in [0.4, 0.5) is 0 Å². The maximum Gasteiger partial charge on any atom is 0.337 e. The van der Waals surface area contributed by atoms with Crippen molar-refractivity contribution < 1.29 is 23.7 Å². The second kappa shape index (κ2) is 6.12. The van der Waals surface area contributed by atoms with Gasteiger partial charge in [0.25, 0.3) is 0 Å². The number of esters is 1. The summed E-state index contributed by atoms with van der Waals surface area (Å²) in [7, 11) is 1.33. The SMILES string of the molecule is COC(=O)c1ccc2c(c1)OCC(COC(=S)S)O2. The van der Waals surface area contributed by atoms with Gasteiger partial charge in [-0.2, -0.15) is 0 Å². The average molecular weight is 300 g/mol. The molecule has 0 amide bonds. The predicted octanol–water partition coefficient (Wildman–Crippen LogP) is 1.84. The highest BCUT2D eigenvalue weighted by Gasteiger charge is 2.23. The van der Waals surface area contributed by atoms with Crippen molar-refractivity contribution in [2.75, 3.05) is 20.3 Å². The molecule has 0 bridgehead atoms. The molecule has 7 heteroatoms. The first-order valence-electron chi connectivity index (χ1n) is 5.47. The first-order chi connectivity index (χ1) is 9.10. The Hall–Kier alpha value is -1.47. The molecular weight excluding hydrogens is 288 g/mol. The van der Waals surface area contributed by atoms with Crippen molar-refractivity contribution in [3.05, 3.63) is 23.8 Å². The minimum Gasteiger partial charge on any atom is -0.486 e. The summed E-state index contributed by atoms with van der Waals surface area (Å²) in [5, 5.41) is 0.